The number of carbonyl (C=O) groups is 1. The zero-order valence-corrected chi connectivity index (χ0v) is 12.8. The van der Waals surface area contributed by atoms with Crippen molar-refractivity contribution in [1.29, 1.82) is 0 Å². The number of anilines is 1. The van der Waals surface area contributed by atoms with Crippen LogP contribution in [0.5, 0.6) is 0 Å². The molecule has 1 amide bonds. The molecule has 2 aromatic heterocycles. The van der Waals surface area contributed by atoms with Gasteiger partial charge in [0.2, 0.25) is 0 Å². The van der Waals surface area contributed by atoms with E-state index in [2.05, 4.69) is 15.6 Å². The van der Waals surface area contributed by atoms with E-state index in [4.69, 9.17) is 16.1 Å². The fraction of sp³-hybridized carbons (Fsp3) is 0.133. The molecule has 0 aliphatic carbocycles. The van der Waals surface area contributed by atoms with Crippen molar-refractivity contribution in [2.75, 3.05) is 5.32 Å². The number of amides is 1. The molecule has 0 spiro atoms. The molecule has 3 aromatic rings. The van der Waals surface area contributed by atoms with E-state index in [9.17, 15) is 4.79 Å². The predicted octanol–water partition coefficient (Wildman–Crippen LogP) is 3.29. The lowest BCUT2D eigenvalue weighted by atomic mass is 10.1. The van der Waals surface area contributed by atoms with E-state index in [1.54, 1.807) is 43.2 Å². The van der Waals surface area contributed by atoms with Gasteiger partial charge < -0.3 is 9.84 Å². The van der Waals surface area contributed by atoms with Gasteiger partial charge in [-0.05, 0) is 13.0 Å². The largest absolute Gasteiger partial charge is 0.360 e. The highest BCUT2D eigenvalue weighted by atomic mass is 35.5. The van der Waals surface area contributed by atoms with Crippen molar-refractivity contribution in [3.05, 3.63) is 53.0 Å². The van der Waals surface area contributed by atoms with Gasteiger partial charge in [0.25, 0.3) is 5.91 Å². The Kier molecular flexibility index (Phi) is 3.68. The van der Waals surface area contributed by atoms with E-state index in [0.29, 0.717) is 33.3 Å². The molecule has 0 radical (unpaired) electrons. The molecular formula is C15H13ClN4O2. The lowest BCUT2D eigenvalue weighted by Crippen LogP contribution is -2.13. The van der Waals surface area contributed by atoms with Crippen LogP contribution in [0.1, 0.15) is 16.1 Å². The highest BCUT2D eigenvalue weighted by Crippen LogP contribution is 2.31. The van der Waals surface area contributed by atoms with Gasteiger partial charge in [0.05, 0.1) is 16.9 Å². The van der Waals surface area contributed by atoms with Crippen molar-refractivity contribution in [3.63, 3.8) is 0 Å². The maximum atomic E-state index is 12.5. The Hall–Kier alpha value is -2.60. The minimum absolute atomic E-state index is 0.318. The Morgan fingerprint density at radius 1 is 1.36 bits per heavy atom. The average molecular weight is 317 g/mol. The molecule has 112 valence electrons. The number of aromatic nitrogens is 3. The first kappa shape index (κ1) is 14.3. The second kappa shape index (κ2) is 5.65. The van der Waals surface area contributed by atoms with E-state index >= 15 is 0 Å². The molecular weight excluding hydrogens is 304 g/mol. The normalized spacial score (nSPS) is 10.7. The molecule has 0 aliphatic heterocycles. The summed E-state index contributed by atoms with van der Waals surface area (Å²) in [6.07, 6.45) is 3.27. The van der Waals surface area contributed by atoms with Gasteiger partial charge >= 0.3 is 0 Å². The number of nitrogens with one attached hydrogen (secondary N) is 1. The number of rotatable bonds is 3. The molecule has 0 aliphatic rings. The lowest BCUT2D eigenvalue weighted by Gasteiger charge is -2.04. The van der Waals surface area contributed by atoms with E-state index in [0.717, 1.165) is 0 Å². The Bertz CT molecular complexity index is 838. The molecule has 3 rings (SSSR count). The summed E-state index contributed by atoms with van der Waals surface area (Å²) in [5, 5.41) is 11.3. The third kappa shape index (κ3) is 2.60. The van der Waals surface area contributed by atoms with Crippen LogP contribution in [0.25, 0.3) is 11.3 Å². The van der Waals surface area contributed by atoms with E-state index in [-0.39, 0.29) is 5.91 Å². The molecule has 2 heterocycles. The van der Waals surface area contributed by atoms with Gasteiger partial charge in [-0.25, -0.2) is 0 Å². The number of nitrogens with zero attached hydrogens (tertiary/aromatic N) is 3. The first-order valence-electron chi connectivity index (χ1n) is 6.57. The van der Waals surface area contributed by atoms with Crippen LogP contribution in [-0.4, -0.2) is 20.8 Å². The molecule has 0 unspecified atom stereocenters. The van der Waals surface area contributed by atoms with E-state index in [1.807, 2.05) is 12.1 Å². The van der Waals surface area contributed by atoms with Gasteiger partial charge in [0, 0.05) is 18.8 Å². The molecule has 6 nitrogen and oxygen atoms in total. The Labute approximate surface area is 131 Å². The van der Waals surface area contributed by atoms with Gasteiger partial charge in [0.15, 0.2) is 0 Å². The van der Waals surface area contributed by atoms with E-state index < -0.39 is 0 Å². The van der Waals surface area contributed by atoms with Crippen LogP contribution in [-0.2, 0) is 7.05 Å². The standard InChI is InChI=1S/C15H13ClN4O2/c1-9-13(15(21)18-10-7-17-20(2)8-10)14(19-22-9)11-5-3-4-6-12(11)16/h3-8H,1-2H3,(H,18,21). The van der Waals surface area contributed by atoms with Crippen molar-refractivity contribution in [2.24, 2.45) is 7.05 Å². The number of benzene rings is 1. The maximum absolute atomic E-state index is 12.5. The molecule has 1 aromatic carbocycles. The quantitative estimate of drug-likeness (QED) is 0.804. The summed E-state index contributed by atoms with van der Waals surface area (Å²) < 4.78 is 6.78. The van der Waals surface area contributed by atoms with Crippen LogP contribution in [0.2, 0.25) is 5.02 Å². The lowest BCUT2D eigenvalue weighted by molar-refractivity contribution is 0.102. The number of hydrogen-bond acceptors (Lipinski definition) is 4. The molecule has 22 heavy (non-hydrogen) atoms. The van der Waals surface area contributed by atoms with Crippen molar-refractivity contribution in [3.8, 4) is 11.3 Å². The minimum atomic E-state index is -0.318. The molecule has 0 atom stereocenters. The maximum Gasteiger partial charge on any atom is 0.261 e. The first-order valence-corrected chi connectivity index (χ1v) is 6.95. The summed E-state index contributed by atoms with van der Waals surface area (Å²) in [5.41, 5.74) is 2.03. The summed E-state index contributed by atoms with van der Waals surface area (Å²) in [7, 11) is 1.77. The molecule has 7 heteroatoms. The molecule has 0 saturated carbocycles. The average Bonchev–Trinajstić information content (AvgIpc) is 3.05. The highest BCUT2D eigenvalue weighted by molar-refractivity contribution is 6.33. The third-order valence-electron chi connectivity index (χ3n) is 3.18. The van der Waals surface area contributed by atoms with Crippen LogP contribution in [0.3, 0.4) is 0 Å². The van der Waals surface area contributed by atoms with Crippen LogP contribution in [0, 0.1) is 6.92 Å². The fourth-order valence-electron chi connectivity index (χ4n) is 2.16. The van der Waals surface area contributed by atoms with Crippen molar-refractivity contribution in [1.82, 2.24) is 14.9 Å². The first-order chi connectivity index (χ1) is 10.6. The molecule has 0 fully saturated rings. The summed E-state index contributed by atoms with van der Waals surface area (Å²) in [6.45, 7) is 1.69. The Morgan fingerprint density at radius 2 is 2.14 bits per heavy atom. The SMILES string of the molecule is Cc1onc(-c2ccccc2Cl)c1C(=O)Nc1cnn(C)c1. The summed E-state index contributed by atoms with van der Waals surface area (Å²) in [4.78, 5) is 12.5. The van der Waals surface area contributed by atoms with E-state index in [1.165, 1.54) is 0 Å². The highest BCUT2D eigenvalue weighted by Gasteiger charge is 2.23. The second-order valence-corrected chi connectivity index (χ2v) is 5.21. The van der Waals surface area contributed by atoms with Crippen LogP contribution in [0.4, 0.5) is 5.69 Å². The second-order valence-electron chi connectivity index (χ2n) is 4.80. The van der Waals surface area contributed by atoms with Gasteiger partial charge in [-0.1, -0.05) is 35.0 Å². The number of hydrogen-bond donors (Lipinski definition) is 1. The molecule has 0 saturated heterocycles. The topological polar surface area (TPSA) is 73.0 Å². The molecule has 1 N–H and O–H groups in total. The van der Waals surface area contributed by atoms with Crippen LogP contribution < -0.4 is 5.32 Å². The Balaban J connectivity index is 1.99. The summed E-state index contributed by atoms with van der Waals surface area (Å²) in [5.74, 6) is 0.109. The monoisotopic (exact) mass is 316 g/mol. The van der Waals surface area contributed by atoms with Crippen LogP contribution in [0.15, 0.2) is 41.2 Å². The smallest absolute Gasteiger partial charge is 0.261 e. The molecule has 0 bridgehead atoms. The number of carbonyl (C=O) groups excluding carboxylic acids is 1. The van der Waals surface area contributed by atoms with Gasteiger partial charge in [-0.15, -0.1) is 0 Å². The van der Waals surface area contributed by atoms with Crippen molar-refractivity contribution < 1.29 is 9.32 Å². The van der Waals surface area contributed by atoms with Crippen molar-refractivity contribution >= 4 is 23.2 Å². The zero-order chi connectivity index (χ0) is 15.7. The number of aryl methyl sites for hydroxylation is 2. The van der Waals surface area contributed by atoms with Gasteiger partial charge in [-0.3, -0.25) is 9.48 Å². The van der Waals surface area contributed by atoms with Crippen LogP contribution >= 0.6 is 11.6 Å². The minimum Gasteiger partial charge on any atom is -0.360 e. The Morgan fingerprint density at radius 3 is 2.82 bits per heavy atom. The number of halogens is 1. The third-order valence-corrected chi connectivity index (χ3v) is 3.51. The van der Waals surface area contributed by atoms with Gasteiger partial charge in [-0.2, -0.15) is 5.10 Å². The predicted molar refractivity (Wildman–Crippen MR) is 82.8 cm³/mol. The van der Waals surface area contributed by atoms with Gasteiger partial charge in [0.1, 0.15) is 17.0 Å². The van der Waals surface area contributed by atoms with Crippen molar-refractivity contribution in [2.45, 2.75) is 6.92 Å². The summed E-state index contributed by atoms with van der Waals surface area (Å²) >= 11 is 6.18. The summed E-state index contributed by atoms with van der Waals surface area (Å²) in [6, 6.07) is 7.17. The zero-order valence-electron chi connectivity index (χ0n) is 12.0. The fourth-order valence-corrected chi connectivity index (χ4v) is 2.38.